The third-order valence-electron chi connectivity index (χ3n) is 3.32. The van der Waals surface area contributed by atoms with Crippen molar-refractivity contribution in [3.63, 3.8) is 0 Å². The van der Waals surface area contributed by atoms with Crippen LogP contribution in [0.4, 0.5) is 5.82 Å². The molecule has 3 rings (SSSR count). The number of nitrogens with two attached hydrogens (primary N) is 1. The molecule has 5 heteroatoms. The number of benzene rings is 1. The molecule has 1 aromatic heterocycles. The molecular weight excluding hydrogens is 228 g/mol. The van der Waals surface area contributed by atoms with Gasteiger partial charge in [-0.25, -0.2) is 0 Å². The quantitative estimate of drug-likeness (QED) is 0.794. The normalized spacial score (nSPS) is 13.7. The number of rotatable bonds is 1. The van der Waals surface area contributed by atoms with Crippen LogP contribution in [0.15, 0.2) is 24.3 Å². The summed E-state index contributed by atoms with van der Waals surface area (Å²) in [6.07, 6.45) is 0. The van der Waals surface area contributed by atoms with Crippen LogP contribution in [0, 0.1) is 6.92 Å². The van der Waals surface area contributed by atoms with Gasteiger partial charge in [-0.05, 0) is 18.1 Å². The molecule has 0 saturated heterocycles. The molecule has 2 aromatic rings. The van der Waals surface area contributed by atoms with Crippen LogP contribution in [0.1, 0.15) is 27.2 Å². The fourth-order valence-electron chi connectivity index (χ4n) is 2.35. The number of hydrogen-bond acceptors (Lipinski definition) is 3. The van der Waals surface area contributed by atoms with Crippen molar-refractivity contribution in [1.29, 1.82) is 0 Å². The number of carbonyl (C=O) groups is 1. The third kappa shape index (κ3) is 1.55. The molecule has 1 aromatic carbocycles. The number of aromatic nitrogens is 2. The minimum absolute atomic E-state index is 0.0602. The summed E-state index contributed by atoms with van der Waals surface area (Å²) in [5.41, 5.74) is 9.33. The maximum Gasteiger partial charge on any atom is 0.260 e. The van der Waals surface area contributed by atoms with E-state index in [1.807, 2.05) is 24.3 Å². The van der Waals surface area contributed by atoms with E-state index in [9.17, 15) is 4.79 Å². The van der Waals surface area contributed by atoms with Gasteiger partial charge in [-0.3, -0.25) is 9.89 Å². The molecule has 3 N–H and O–H groups in total. The number of nitrogens with zero attached hydrogens (tertiary/aromatic N) is 2. The SMILES string of the molecule is Cc1[nH]nc(N)c1C(=O)N1Cc2ccccc2C1. The molecule has 1 aliphatic rings. The molecule has 5 nitrogen and oxygen atoms in total. The molecule has 0 bridgehead atoms. The zero-order valence-electron chi connectivity index (χ0n) is 10.1. The average molecular weight is 242 g/mol. The number of nitrogen functional groups attached to an aromatic ring is 1. The van der Waals surface area contributed by atoms with Gasteiger partial charge < -0.3 is 10.6 Å². The minimum atomic E-state index is -0.0602. The molecule has 0 radical (unpaired) electrons. The predicted octanol–water partition coefficient (Wildman–Crippen LogP) is 1.46. The monoisotopic (exact) mass is 242 g/mol. The van der Waals surface area contributed by atoms with Gasteiger partial charge in [0.05, 0.1) is 0 Å². The van der Waals surface area contributed by atoms with Crippen molar-refractivity contribution in [2.75, 3.05) is 5.73 Å². The molecule has 1 aliphatic heterocycles. The van der Waals surface area contributed by atoms with E-state index in [1.165, 1.54) is 11.1 Å². The zero-order valence-corrected chi connectivity index (χ0v) is 10.1. The average Bonchev–Trinajstić information content (AvgIpc) is 2.92. The van der Waals surface area contributed by atoms with Gasteiger partial charge in [0.15, 0.2) is 5.82 Å². The molecule has 2 heterocycles. The molecule has 0 unspecified atom stereocenters. The summed E-state index contributed by atoms with van der Waals surface area (Å²) in [6.45, 7) is 3.08. The Labute approximate surface area is 105 Å². The van der Waals surface area contributed by atoms with Crippen LogP contribution in [-0.2, 0) is 13.1 Å². The molecule has 0 saturated carbocycles. The standard InChI is InChI=1S/C13H14N4O/c1-8-11(12(14)16-15-8)13(18)17-6-9-4-2-3-5-10(9)7-17/h2-5H,6-7H2,1H3,(H3,14,15,16). The Morgan fingerprint density at radius 3 is 2.44 bits per heavy atom. The molecule has 1 amide bonds. The first-order chi connectivity index (χ1) is 8.66. The molecule has 0 aliphatic carbocycles. The van der Waals surface area contributed by atoms with Crippen LogP contribution in [-0.4, -0.2) is 21.0 Å². The Morgan fingerprint density at radius 1 is 1.33 bits per heavy atom. The lowest BCUT2D eigenvalue weighted by molar-refractivity contribution is 0.0752. The van der Waals surface area contributed by atoms with Gasteiger partial charge in [0.2, 0.25) is 0 Å². The molecule has 92 valence electrons. The van der Waals surface area contributed by atoms with Gasteiger partial charge in [0, 0.05) is 18.8 Å². The molecule has 0 fully saturated rings. The molecular formula is C13H14N4O. The number of H-pyrrole nitrogens is 1. The number of amides is 1. The summed E-state index contributed by atoms with van der Waals surface area (Å²) in [5.74, 6) is 0.211. The summed E-state index contributed by atoms with van der Waals surface area (Å²) in [4.78, 5) is 14.2. The first-order valence-corrected chi connectivity index (χ1v) is 5.83. The maximum absolute atomic E-state index is 12.4. The van der Waals surface area contributed by atoms with Crippen LogP contribution < -0.4 is 5.73 Å². The van der Waals surface area contributed by atoms with Crippen molar-refractivity contribution in [3.8, 4) is 0 Å². The van der Waals surface area contributed by atoms with Crippen molar-refractivity contribution in [3.05, 3.63) is 46.6 Å². The van der Waals surface area contributed by atoms with Gasteiger partial charge in [-0.2, -0.15) is 5.10 Å². The second-order valence-corrected chi connectivity index (χ2v) is 4.54. The van der Waals surface area contributed by atoms with E-state index in [-0.39, 0.29) is 11.7 Å². The Morgan fingerprint density at radius 2 is 1.94 bits per heavy atom. The predicted molar refractivity (Wildman–Crippen MR) is 67.8 cm³/mol. The van der Waals surface area contributed by atoms with Crippen LogP contribution >= 0.6 is 0 Å². The van der Waals surface area contributed by atoms with Gasteiger partial charge in [-0.1, -0.05) is 24.3 Å². The fraction of sp³-hybridized carbons (Fsp3) is 0.231. The Hall–Kier alpha value is -2.30. The maximum atomic E-state index is 12.4. The van der Waals surface area contributed by atoms with Crippen molar-refractivity contribution in [1.82, 2.24) is 15.1 Å². The van der Waals surface area contributed by atoms with E-state index >= 15 is 0 Å². The molecule has 0 spiro atoms. The second kappa shape index (κ2) is 3.87. The number of hydrogen-bond donors (Lipinski definition) is 2. The molecule has 18 heavy (non-hydrogen) atoms. The highest BCUT2D eigenvalue weighted by atomic mass is 16.2. The number of anilines is 1. The minimum Gasteiger partial charge on any atom is -0.382 e. The highest BCUT2D eigenvalue weighted by molar-refractivity contribution is 5.99. The highest BCUT2D eigenvalue weighted by Gasteiger charge is 2.27. The van der Waals surface area contributed by atoms with E-state index in [0.717, 1.165) is 0 Å². The lowest BCUT2D eigenvalue weighted by atomic mass is 10.1. The first-order valence-electron chi connectivity index (χ1n) is 5.83. The van der Waals surface area contributed by atoms with E-state index in [0.29, 0.717) is 24.3 Å². The van der Waals surface area contributed by atoms with Gasteiger partial charge in [-0.15, -0.1) is 0 Å². The number of carbonyl (C=O) groups excluding carboxylic acids is 1. The van der Waals surface area contributed by atoms with E-state index in [4.69, 9.17) is 5.73 Å². The Balaban J connectivity index is 1.89. The summed E-state index contributed by atoms with van der Waals surface area (Å²) >= 11 is 0. The van der Waals surface area contributed by atoms with E-state index < -0.39 is 0 Å². The van der Waals surface area contributed by atoms with Gasteiger partial charge >= 0.3 is 0 Å². The Kier molecular flexibility index (Phi) is 2.33. The lowest BCUT2D eigenvalue weighted by Gasteiger charge is -2.15. The zero-order chi connectivity index (χ0) is 12.7. The van der Waals surface area contributed by atoms with E-state index in [1.54, 1.807) is 11.8 Å². The largest absolute Gasteiger partial charge is 0.382 e. The van der Waals surface area contributed by atoms with Crippen LogP contribution in [0.25, 0.3) is 0 Å². The second-order valence-electron chi connectivity index (χ2n) is 4.54. The van der Waals surface area contributed by atoms with Crippen molar-refractivity contribution in [2.24, 2.45) is 0 Å². The number of nitrogens with one attached hydrogen (secondary N) is 1. The first kappa shape index (κ1) is 10.8. The molecule has 0 atom stereocenters. The lowest BCUT2D eigenvalue weighted by Crippen LogP contribution is -2.26. The van der Waals surface area contributed by atoms with Gasteiger partial charge in [0.1, 0.15) is 5.56 Å². The fourth-order valence-corrected chi connectivity index (χ4v) is 2.35. The van der Waals surface area contributed by atoms with Crippen LogP contribution in [0.3, 0.4) is 0 Å². The van der Waals surface area contributed by atoms with Crippen molar-refractivity contribution < 1.29 is 4.79 Å². The van der Waals surface area contributed by atoms with Crippen molar-refractivity contribution in [2.45, 2.75) is 20.0 Å². The topological polar surface area (TPSA) is 75.0 Å². The summed E-state index contributed by atoms with van der Waals surface area (Å²) in [5, 5.41) is 6.60. The Bertz CT molecular complexity index is 573. The summed E-state index contributed by atoms with van der Waals surface area (Å²) < 4.78 is 0. The summed E-state index contributed by atoms with van der Waals surface area (Å²) in [6, 6.07) is 8.08. The number of aromatic amines is 1. The van der Waals surface area contributed by atoms with Crippen LogP contribution in [0.2, 0.25) is 0 Å². The summed E-state index contributed by atoms with van der Waals surface area (Å²) in [7, 11) is 0. The number of fused-ring (bicyclic) bond motifs is 1. The van der Waals surface area contributed by atoms with Crippen molar-refractivity contribution >= 4 is 11.7 Å². The van der Waals surface area contributed by atoms with E-state index in [2.05, 4.69) is 10.2 Å². The highest BCUT2D eigenvalue weighted by Crippen LogP contribution is 2.25. The smallest absolute Gasteiger partial charge is 0.260 e. The van der Waals surface area contributed by atoms with Crippen LogP contribution in [0.5, 0.6) is 0 Å². The van der Waals surface area contributed by atoms with Gasteiger partial charge in [0.25, 0.3) is 5.91 Å². The number of aryl methyl sites for hydroxylation is 1. The third-order valence-corrected chi connectivity index (χ3v) is 3.32.